The molecule has 2 heterocycles. The molecule has 7 nitrogen and oxygen atoms in total. The van der Waals surface area contributed by atoms with E-state index in [2.05, 4.69) is 30.3 Å². The van der Waals surface area contributed by atoms with E-state index in [0.29, 0.717) is 55.4 Å². The Balaban J connectivity index is 1.27. The van der Waals surface area contributed by atoms with E-state index in [1.807, 2.05) is 106 Å². The van der Waals surface area contributed by atoms with Crippen molar-refractivity contribution in [3.05, 3.63) is 240 Å². The Kier molecular flexibility index (Phi) is 11.1. The van der Waals surface area contributed by atoms with Gasteiger partial charge in [-0.2, -0.15) is 39.5 Å². The summed E-state index contributed by atoms with van der Waals surface area (Å²) in [6.07, 6.45) is -4.88. The Morgan fingerprint density at radius 3 is 0.803 bits per heavy atom. The monoisotopic (exact) mass is 981 g/mol. The average Bonchev–Trinajstić information content (AvgIpc) is 4.04. The molecular weight excluding hydrogens is 948 g/mol. The summed E-state index contributed by atoms with van der Waals surface area (Å²) >= 11 is 0. The van der Waals surface area contributed by atoms with Crippen LogP contribution in [0.1, 0.15) is 33.4 Å². The van der Waals surface area contributed by atoms with E-state index >= 15 is 13.2 Å². The molecule has 0 amide bonds. The van der Waals surface area contributed by atoms with E-state index in [4.69, 9.17) is 0 Å². The minimum absolute atomic E-state index is 0.163. The summed E-state index contributed by atoms with van der Waals surface area (Å²) in [5.74, 6) is 0. The third-order valence-corrected chi connectivity index (χ3v) is 14.0. The lowest BCUT2D eigenvalue weighted by molar-refractivity contribution is -0.137. The zero-order valence-electron chi connectivity index (χ0n) is 39.9. The fourth-order valence-corrected chi connectivity index (χ4v) is 10.5. The number of aromatic nitrogens is 2. The minimum atomic E-state index is -4.88. The van der Waals surface area contributed by atoms with Crippen LogP contribution in [-0.2, 0) is 6.18 Å². The molecule has 76 heavy (non-hydrogen) atoms. The molecule has 354 valence electrons. The number of halogens is 3. The molecule has 0 aliphatic heterocycles. The van der Waals surface area contributed by atoms with Crippen LogP contribution in [0.4, 0.5) is 13.2 Å². The van der Waals surface area contributed by atoms with Gasteiger partial charge in [-0.25, -0.2) is 0 Å². The number of fused-ring (bicyclic) bond motifs is 6. The van der Waals surface area contributed by atoms with Gasteiger partial charge in [0, 0.05) is 27.1 Å². The second-order valence-corrected chi connectivity index (χ2v) is 18.4. The number of nitriles is 5. The number of rotatable bonds is 7. The Morgan fingerprint density at radius 1 is 0.289 bits per heavy atom. The van der Waals surface area contributed by atoms with Gasteiger partial charge < -0.3 is 9.13 Å². The Labute approximate surface area is 433 Å². The van der Waals surface area contributed by atoms with Crippen molar-refractivity contribution in [3.63, 3.8) is 0 Å². The van der Waals surface area contributed by atoms with Crippen LogP contribution in [-0.4, -0.2) is 9.13 Å². The minimum Gasteiger partial charge on any atom is -0.308 e. The summed E-state index contributed by atoms with van der Waals surface area (Å²) in [5, 5.41) is 53.0. The van der Waals surface area contributed by atoms with Crippen LogP contribution in [0.5, 0.6) is 0 Å². The molecule has 0 N–H and O–H groups in total. The first-order valence-electron chi connectivity index (χ1n) is 24.0. The van der Waals surface area contributed by atoms with Crippen LogP contribution in [0, 0.1) is 56.7 Å². The van der Waals surface area contributed by atoms with E-state index in [1.54, 1.807) is 97.1 Å². The van der Waals surface area contributed by atoms with Crippen LogP contribution < -0.4 is 0 Å². The fourth-order valence-electron chi connectivity index (χ4n) is 10.5. The molecule has 2 aromatic heterocycles. The van der Waals surface area contributed by atoms with Crippen LogP contribution in [0.3, 0.4) is 0 Å². The van der Waals surface area contributed by atoms with E-state index in [-0.39, 0.29) is 16.9 Å². The van der Waals surface area contributed by atoms with Crippen molar-refractivity contribution in [1.82, 2.24) is 9.13 Å². The lowest BCUT2D eigenvalue weighted by Crippen LogP contribution is -2.11. The summed E-state index contributed by atoms with van der Waals surface area (Å²) in [5.41, 5.74) is 10.4. The van der Waals surface area contributed by atoms with Crippen molar-refractivity contribution in [2.45, 2.75) is 6.18 Å². The molecule has 12 aromatic rings. The van der Waals surface area contributed by atoms with Crippen molar-refractivity contribution in [1.29, 1.82) is 26.3 Å². The Bertz CT molecular complexity index is 4170. The molecule has 12 rings (SSSR count). The number of hydrogen-bond donors (Lipinski definition) is 0. The molecule has 0 spiro atoms. The fraction of sp³-hybridized carbons (Fsp3) is 0.0152. The van der Waals surface area contributed by atoms with Crippen molar-refractivity contribution in [2.75, 3.05) is 0 Å². The van der Waals surface area contributed by atoms with Crippen LogP contribution >= 0.6 is 0 Å². The van der Waals surface area contributed by atoms with E-state index in [0.717, 1.165) is 66.1 Å². The Morgan fingerprint density at radius 2 is 0.539 bits per heavy atom. The van der Waals surface area contributed by atoms with Gasteiger partial charge in [0.25, 0.3) is 0 Å². The summed E-state index contributed by atoms with van der Waals surface area (Å²) < 4.78 is 52.3. The van der Waals surface area contributed by atoms with Gasteiger partial charge in [0.1, 0.15) is 0 Å². The van der Waals surface area contributed by atoms with Gasteiger partial charge >= 0.3 is 6.18 Å². The predicted octanol–water partition coefficient (Wildman–Crippen LogP) is 16.6. The normalized spacial score (nSPS) is 11.3. The second kappa shape index (κ2) is 18.3. The molecule has 0 radical (unpaired) electrons. The van der Waals surface area contributed by atoms with Gasteiger partial charge in [0.15, 0.2) is 0 Å². The number of alkyl halides is 3. The maximum Gasteiger partial charge on any atom is 0.416 e. The predicted molar refractivity (Wildman–Crippen MR) is 291 cm³/mol. The first kappa shape index (κ1) is 46.1. The van der Waals surface area contributed by atoms with E-state index in [1.165, 1.54) is 12.1 Å². The molecular formula is C66H34F3N7. The van der Waals surface area contributed by atoms with E-state index < -0.39 is 11.7 Å². The number of benzene rings is 10. The Hall–Kier alpha value is -11.0. The molecule has 0 saturated carbocycles. The zero-order valence-corrected chi connectivity index (χ0v) is 39.9. The molecule has 10 aromatic carbocycles. The van der Waals surface area contributed by atoms with Gasteiger partial charge in [-0.05, 0) is 147 Å². The molecule has 10 heteroatoms. The number of hydrogen-bond acceptors (Lipinski definition) is 5. The van der Waals surface area contributed by atoms with Gasteiger partial charge in [-0.15, -0.1) is 0 Å². The third kappa shape index (κ3) is 7.92. The summed E-state index contributed by atoms with van der Waals surface area (Å²) in [4.78, 5) is 0. The quantitative estimate of drug-likeness (QED) is 0.157. The molecule has 0 aliphatic rings. The SMILES string of the molecule is N#Cc1cccc(-c2ccc3c4ccc(-c5cccc(C#N)c5)cc4n(-c4cc(C(F)(F)F)cc(-n5c6cc(-c7cccc(C#N)c7)ccc6c6ccc(-c7cccc(C#N)c7)cc65)c4-c4cccc(C#N)c4)c3c2)c1. The van der Waals surface area contributed by atoms with Gasteiger partial charge in [0.05, 0.1) is 97.2 Å². The lowest BCUT2D eigenvalue weighted by Gasteiger charge is -2.23. The smallest absolute Gasteiger partial charge is 0.308 e. The topological polar surface area (TPSA) is 129 Å². The van der Waals surface area contributed by atoms with Crippen molar-refractivity contribution in [2.24, 2.45) is 0 Å². The first-order valence-corrected chi connectivity index (χ1v) is 24.0. The van der Waals surface area contributed by atoms with Crippen LogP contribution in [0.25, 0.3) is 111 Å². The van der Waals surface area contributed by atoms with E-state index in [9.17, 15) is 26.3 Å². The van der Waals surface area contributed by atoms with Crippen molar-refractivity contribution >= 4 is 43.6 Å². The van der Waals surface area contributed by atoms with Gasteiger partial charge in [-0.3, -0.25) is 0 Å². The molecule has 0 bridgehead atoms. The second-order valence-electron chi connectivity index (χ2n) is 18.4. The molecule has 0 fully saturated rings. The molecule has 0 atom stereocenters. The summed E-state index contributed by atoms with van der Waals surface area (Å²) in [7, 11) is 0. The molecule has 0 aliphatic carbocycles. The highest BCUT2D eigenvalue weighted by molar-refractivity contribution is 6.14. The standard InChI is InChI=1S/C66H34F3N7/c67-66(68,69)54-33-63(75-59-29-49(45-11-1-6-40(24-45)35-70)16-20-55(59)56-21-17-50(30-60(56)75)46-12-2-7-41(25-46)36-71)65(53-15-5-10-44(28-53)39-74)64(34-54)76-61-31-51(47-13-3-8-42(26-47)37-72)18-22-57(61)58-23-19-52(32-62(58)76)48-14-4-9-43(27-48)38-73/h1-34H. The highest BCUT2D eigenvalue weighted by Crippen LogP contribution is 2.47. The van der Waals surface area contributed by atoms with Gasteiger partial charge in [-0.1, -0.05) is 109 Å². The van der Waals surface area contributed by atoms with Gasteiger partial charge in [0.2, 0.25) is 0 Å². The average molecular weight is 982 g/mol. The largest absolute Gasteiger partial charge is 0.416 e. The molecule has 0 unspecified atom stereocenters. The van der Waals surface area contributed by atoms with Crippen molar-refractivity contribution in [3.8, 4) is 97.4 Å². The summed E-state index contributed by atoms with van der Waals surface area (Å²) in [6.45, 7) is 0. The highest BCUT2D eigenvalue weighted by Gasteiger charge is 2.35. The third-order valence-electron chi connectivity index (χ3n) is 14.0. The first-order chi connectivity index (χ1) is 37.0. The molecule has 0 saturated heterocycles. The maximum absolute atomic E-state index is 16.2. The lowest BCUT2D eigenvalue weighted by atomic mass is 9.96. The van der Waals surface area contributed by atoms with Crippen molar-refractivity contribution < 1.29 is 13.2 Å². The highest BCUT2D eigenvalue weighted by atomic mass is 19.4. The number of nitrogens with zero attached hydrogens (tertiary/aromatic N) is 7. The zero-order chi connectivity index (χ0) is 52.2. The van der Waals surface area contributed by atoms with Crippen LogP contribution in [0.15, 0.2) is 206 Å². The maximum atomic E-state index is 16.2. The summed E-state index contributed by atoms with van der Waals surface area (Å²) in [6, 6.07) is 72.2. The van der Waals surface area contributed by atoms with Crippen LogP contribution in [0.2, 0.25) is 0 Å².